The summed E-state index contributed by atoms with van der Waals surface area (Å²) in [6.45, 7) is 0. The molecule has 3 N–H and O–H groups in total. The summed E-state index contributed by atoms with van der Waals surface area (Å²) in [7, 11) is 0. The van der Waals surface area contributed by atoms with Gasteiger partial charge in [-0.15, -0.1) is 0 Å². The molecule has 0 unspecified atom stereocenters. The quantitative estimate of drug-likeness (QED) is 0.515. The molecular weight excluding hydrogens is 232 g/mol. The number of benzene rings is 1. The molecule has 0 radical (unpaired) electrons. The predicted octanol–water partition coefficient (Wildman–Crippen LogP) is 1.39. The van der Waals surface area contributed by atoms with Crippen LogP contribution in [0, 0.1) is 0 Å². The molecule has 2 rings (SSSR count). The summed E-state index contributed by atoms with van der Waals surface area (Å²) in [5.74, 6) is 0.284. The Morgan fingerprint density at radius 2 is 2.20 bits per heavy atom. The first-order chi connectivity index (χ1) is 7.24. The first-order valence-corrected chi connectivity index (χ1v) is 4.98. The number of carbonyl (C=O) groups is 1. The van der Waals surface area contributed by atoms with Crippen LogP contribution < -0.4 is 9.44 Å². The molecule has 1 heterocycles. The second kappa shape index (κ2) is 4.03. The van der Waals surface area contributed by atoms with E-state index in [1.807, 2.05) is 0 Å². The first kappa shape index (κ1) is 10.2. The van der Waals surface area contributed by atoms with E-state index in [-0.39, 0.29) is 5.91 Å². The van der Waals surface area contributed by atoms with Gasteiger partial charge in [0.15, 0.2) is 0 Å². The van der Waals surface area contributed by atoms with Crippen LogP contribution in [0.3, 0.4) is 0 Å². The largest absolute Gasteiger partial charge is 0.323 e. The van der Waals surface area contributed by atoms with Gasteiger partial charge in [0.25, 0.3) is 5.91 Å². The lowest BCUT2D eigenvalue weighted by Crippen LogP contribution is -2.12. The highest BCUT2D eigenvalue weighted by molar-refractivity contribution is 7.81. The summed E-state index contributed by atoms with van der Waals surface area (Å²) < 4.78 is 4.85. The van der Waals surface area contributed by atoms with Gasteiger partial charge in [-0.3, -0.25) is 9.52 Å². The van der Waals surface area contributed by atoms with Crippen molar-refractivity contribution < 1.29 is 4.79 Å². The summed E-state index contributed by atoms with van der Waals surface area (Å²) >= 11 is 7.57. The summed E-state index contributed by atoms with van der Waals surface area (Å²) in [5, 5.41) is 0. The Kier molecular flexibility index (Phi) is 2.74. The molecule has 0 saturated carbocycles. The number of rotatable bonds is 2. The van der Waals surface area contributed by atoms with Gasteiger partial charge >= 0.3 is 0 Å². The Bertz CT molecular complexity index is 510. The molecule has 0 aliphatic heterocycles. The molecule has 0 aliphatic rings. The maximum atomic E-state index is 11.3. The average molecular weight is 240 g/mol. The fraction of sp³-hybridized carbons (Fsp3) is 0. The number of carbonyl (C=O) groups excluding carboxylic acids is 1. The molecule has 0 spiro atoms. The van der Waals surface area contributed by atoms with Gasteiger partial charge in [-0.1, -0.05) is 25.6 Å². The SMILES string of the molecule is O=C(NS)c1ccc2nc(NS)[nH]c2c1. The van der Waals surface area contributed by atoms with Gasteiger partial charge in [-0.25, -0.2) is 4.98 Å². The molecule has 1 aromatic carbocycles. The molecule has 7 heteroatoms. The minimum Gasteiger partial charge on any atom is -0.323 e. The highest BCUT2D eigenvalue weighted by Crippen LogP contribution is 2.16. The maximum Gasteiger partial charge on any atom is 0.260 e. The van der Waals surface area contributed by atoms with Gasteiger partial charge in [0.2, 0.25) is 5.95 Å². The number of thiol groups is 2. The topological polar surface area (TPSA) is 69.8 Å². The Balaban J connectivity index is 2.50. The number of fused-ring (bicyclic) bond motifs is 1. The van der Waals surface area contributed by atoms with Crippen LogP contribution in [0.1, 0.15) is 10.4 Å². The van der Waals surface area contributed by atoms with Crippen LogP contribution in [0.5, 0.6) is 0 Å². The van der Waals surface area contributed by atoms with Gasteiger partial charge < -0.3 is 9.71 Å². The zero-order valence-electron chi connectivity index (χ0n) is 7.48. The van der Waals surface area contributed by atoms with Crippen LogP contribution in [0.15, 0.2) is 18.2 Å². The summed E-state index contributed by atoms with van der Waals surface area (Å²) in [5.41, 5.74) is 2.05. The first-order valence-electron chi connectivity index (χ1n) is 4.09. The van der Waals surface area contributed by atoms with Crippen molar-refractivity contribution in [3.8, 4) is 0 Å². The number of aromatic amines is 1. The van der Waals surface area contributed by atoms with E-state index < -0.39 is 0 Å². The maximum absolute atomic E-state index is 11.3. The smallest absolute Gasteiger partial charge is 0.260 e. The van der Waals surface area contributed by atoms with Gasteiger partial charge in [0, 0.05) is 5.56 Å². The molecule has 15 heavy (non-hydrogen) atoms. The minimum absolute atomic E-state index is 0.254. The van der Waals surface area contributed by atoms with Gasteiger partial charge in [-0.2, -0.15) is 0 Å². The zero-order chi connectivity index (χ0) is 10.8. The van der Waals surface area contributed by atoms with Crippen molar-refractivity contribution in [2.45, 2.75) is 0 Å². The fourth-order valence-corrected chi connectivity index (χ4v) is 1.50. The van der Waals surface area contributed by atoms with Crippen LogP contribution in [0.2, 0.25) is 0 Å². The number of aromatic nitrogens is 2. The van der Waals surface area contributed by atoms with Crippen LogP contribution >= 0.6 is 25.6 Å². The van der Waals surface area contributed by atoms with Gasteiger partial charge in [0.1, 0.15) is 0 Å². The van der Waals surface area contributed by atoms with Crippen LogP contribution in [-0.2, 0) is 0 Å². The molecule has 1 aromatic heterocycles. The number of hydrogen-bond acceptors (Lipinski definition) is 5. The lowest BCUT2D eigenvalue weighted by molar-refractivity contribution is 0.0985. The van der Waals surface area contributed by atoms with E-state index in [1.165, 1.54) is 0 Å². The minimum atomic E-state index is -0.254. The number of anilines is 1. The molecule has 1 amide bonds. The van der Waals surface area contributed by atoms with Crippen molar-refractivity contribution in [3.63, 3.8) is 0 Å². The molecule has 0 fully saturated rings. The van der Waals surface area contributed by atoms with E-state index in [9.17, 15) is 4.79 Å². The van der Waals surface area contributed by atoms with Crippen LogP contribution in [-0.4, -0.2) is 15.9 Å². The van der Waals surface area contributed by atoms with E-state index in [2.05, 4.69) is 45.0 Å². The molecule has 0 bridgehead atoms. The van der Waals surface area contributed by atoms with Crippen molar-refractivity contribution in [1.82, 2.24) is 14.7 Å². The second-order valence-corrected chi connectivity index (χ2v) is 3.32. The third-order valence-corrected chi connectivity index (χ3v) is 2.37. The molecule has 78 valence electrons. The van der Waals surface area contributed by atoms with E-state index in [1.54, 1.807) is 18.2 Å². The van der Waals surface area contributed by atoms with Gasteiger partial charge in [-0.05, 0) is 18.2 Å². The molecule has 0 atom stereocenters. The Hall–Kier alpha value is -1.34. The van der Waals surface area contributed by atoms with Crippen LogP contribution in [0.4, 0.5) is 5.95 Å². The second-order valence-electron chi connectivity index (χ2n) is 2.87. The number of H-pyrrole nitrogens is 1. The summed E-state index contributed by atoms with van der Waals surface area (Å²) in [4.78, 5) is 18.4. The molecular formula is C8H8N4OS2. The Labute approximate surface area is 96.7 Å². The highest BCUT2D eigenvalue weighted by Gasteiger charge is 2.06. The molecule has 5 nitrogen and oxygen atoms in total. The number of amides is 1. The van der Waals surface area contributed by atoms with Gasteiger partial charge in [0.05, 0.1) is 11.0 Å². The Morgan fingerprint density at radius 1 is 1.40 bits per heavy atom. The monoisotopic (exact) mass is 240 g/mol. The average Bonchev–Trinajstić information content (AvgIpc) is 2.69. The van der Waals surface area contributed by atoms with Crippen molar-refractivity contribution in [3.05, 3.63) is 23.8 Å². The third-order valence-electron chi connectivity index (χ3n) is 1.95. The van der Waals surface area contributed by atoms with E-state index in [0.717, 1.165) is 11.0 Å². The third kappa shape index (κ3) is 1.88. The zero-order valence-corrected chi connectivity index (χ0v) is 9.27. The normalized spacial score (nSPS) is 10.3. The summed E-state index contributed by atoms with van der Waals surface area (Å²) in [6, 6.07) is 5.12. The molecule has 0 aliphatic carbocycles. The number of hydrogen-bond donors (Lipinski definition) is 5. The standard InChI is InChI=1S/C8H8N4OS2/c13-7(11-14)4-1-2-5-6(3-4)10-8(9-5)12-15/h1-3,14-15H,(H,11,13)(H2,9,10,12). The lowest BCUT2D eigenvalue weighted by atomic mass is 10.2. The van der Waals surface area contributed by atoms with Crippen LogP contribution in [0.25, 0.3) is 11.0 Å². The molecule has 2 aromatic rings. The van der Waals surface area contributed by atoms with E-state index in [0.29, 0.717) is 11.5 Å². The number of nitrogens with one attached hydrogen (secondary N) is 3. The van der Waals surface area contributed by atoms with Crippen molar-refractivity contribution in [2.24, 2.45) is 0 Å². The summed E-state index contributed by atoms with van der Waals surface area (Å²) in [6.07, 6.45) is 0. The lowest BCUT2D eigenvalue weighted by Gasteiger charge is -1.97. The molecule has 0 saturated heterocycles. The highest BCUT2D eigenvalue weighted by atomic mass is 32.1. The predicted molar refractivity (Wildman–Crippen MR) is 65.2 cm³/mol. The van der Waals surface area contributed by atoms with E-state index >= 15 is 0 Å². The fourth-order valence-electron chi connectivity index (χ4n) is 1.27. The van der Waals surface area contributed by atoms with Crippen molar-refractivity contribution in [2.75, 3.05) is 4.72 Å². The van der Waals surface area contributed by atoms with Crippen molar-refractivity contribution in [1.29, 1.82) is 0 Å². The van der Waals surface area contributed by atoms with Crippen molar-refractivity contribution >= 4 is 48.5 Å². The number of nitrogens with zero attached hydrogens (tertiary/aromatic N) is 1. The Morgan fingerprint density at radius 3 is 2.87 bits per heavy atom. The van der Waals surface area contributed by atoms with E-state index in [4.69, 9.17) is 0 Å². The number of imidazole rings is 1.